The van der Waals surface area contributed by atoms with E-state index < -0.39 is 0 Å². The highest BCUT2D eigenvalue weighted by atomic mass is 16.2. The third kappa shape index (κ3) is 4.76. The van der Waals surface area contributed by atoms with E-state index in [1.165, 1.54) is 12.3 Å². The van der Waals surface area contributed by atoms with Gasteiger partial charge in [0.1, 0.15) is 5.69 Å². The second kappa shape index (κ2) is 8.23. The van der Waals surface area contributed by atoms with Crippen molar-refractivity contribution in [1.82, 2.24) is 15.3 Å². The number of hydrogen-bond acceptors (Lipinski definition) is 4. The molecule has 0 bridgehead atoms. The van der Waals surface area contributed by atoms with Crippen molar-refractivity contribution in [3.8, 4) is 0 Å². The molecule has 0 aliphatic heterocycles. The Morgan fingerprint density at radius 2 is 1.74 bits per heavy atom. The zero-order chi connectivity index (χ0) is 19.2. The van der Waals surface area contributed by atoms with Gasteiger partial charge in [0.2, 0.25) is 0 Å². The van der Waals surface area contributed by atoms with Gasteiger partial charge >= 0.3 is 0 Å². The molecule has 2 aromatic heterocycles. The molecule has 0 aliphatic rings. The number of anilines is 1. The Balaban J connectivity index is 1.67. The molecule has 0 radical (unpaired) electrons. The van der Waals surface area contributed by atoms with Crippen LogP contribution in [0.15, 0.2) is 60.9 Å². The lowest BCUT2D eigenvalue weighted by atomic mass is 10.1. The third-order valence-corrected chi connectivity index (χ3v) is 4.18. The van der Waals surface area contributed by atoms with Crippen LogP contribution >= 0.6 is 0 Å². The Hall–Kier alpha value is -3.54. The molecular weight excluding hydrogens is 340 g/mol. The fourth-order valence-corrected chi connectivity index (χ4v) is 2.48. The number of hydrogen-bond donors (Lipinski definition) is 2. The molecular formula is C21H20N4O2. The first-order valence-corrected chi connectivity index (χ1v) is 8.56. The number of pyridine rings is 2. The normalized spacial score (nSPS) is 10.3. The molecule has 6 nitrogen and oxygen atoms in total. The summed E-state index contributed by atoms with van der Waals surface area (Å²) >= 11 is 0. The summed E-state index contributed by atoms with van der Waals surface area (Å²) in [5.41, 5.74) is 4.25. The van der Waals surface area contributed by atoms with Crippen molar-refractivity contribution in [3.63, 3.8) is 0 Å². The fourth-order valence-electron chi connectivity index (χ4n) is 2.48. The highest BCUT2D eigenvalue weighted by Crippen LogP contribution is 2.15. The fraction of sp³-hybridized carbons (Fsp3) is 0.143. The van der Waals surface area contributed by atoms with Crippen LogP contribution in [0.4, 0.5) is 5.69 Å². The summed E-state index contributed by atoms with van der Waals surface area (Å²) < 4.78 is 0. The third-order valence-electron chi connectivity index (χ3n) is 4.18. The maximum absolute atomic E-state index is 12.5. The summed E-state index contributed by atoms with van der Waals surface area (Å²) in [5.74, 6) is -0.652. The number of nitrogens with one attached hydrogen (secondary N) is 2. The van der Waals surface area contributed by atoms with Gasteiger partial charge in [0.25, 0.3) is 11.8 Å². The summed E-state index contributed by atoms with van der Waals surface area (Å²) in [6, 6.07) is 14.2. The van der Waals surface area contributed by atoms with Crippen LogP contribution in [-0.2, 0) is 6.54 Å². The number of aryl methyl sites for hydroxylation is 2. The maximum atomic E-state index is 12.5. The maximum Gasteiger partial charge on any atom is 0.270 e. The number of amides is 2. The van der Waals surface area contributed by atoms with Crippen LogP contribution in [0.3, 0.4) is 0 Å². The predicted octanol–water partition coefficient (Wildman–Crippen LogP) is 3.28. The van der Waals surface area contributed by atoms with E-state index in [1.807, 2.05) is 50.2 Å². The molecule has 0 saturated carbocycles. The minimum Gasteiger partial charge on any atom is -0.345 e. The number of benzene rings is 1. The van der Waals surface area contributed by atoms with Crippen LogP contribution in [0.5, 0.6) is 0 Å². The Bertz CT molecular complexity index is 971. The van der Waals surface area contributed by atoms with Crippen LogP contribution in [0.25, 0.3) is 0 Å². The van der Waals surface area contributed by atoms with E-state index in [4.69, 9.17) is 0 Å². The van der Waals surface area contributed by atoms with Crippen molar-refractivity contribution in [1.29, 1.82) is 0 Å². The van der Waals surface area contributed by atoms with Gasteiger partial charge in [0, 0.05) is 23.6 Å². The van der Waals surface area contributed by atoms with Crippen LogP contribution in [0.1, 0.15) is 37.7 Å². The predicted molar refractivity (Wildman–Crippen MR) is 104 cm³/mol. The standard InChI is InChI=1S/C21H20N4O2/c1-14-6-7-17(11-15(14)2)25-20(26)16-8-10-23-19(12-16)21(27)24-13-18-5-3-4-9-22-18/h3-12H,13H2,1-2H3,(H,24,27)(H,25,26). The summed E-state index contributed by atoms with van der Waals surface area (Å²) in [5, 5.41) is 5.59. The molecule has 0 unspecified atom stereocenters. The van der Waals surface area contributed by atoms with Crippen LogP contribution in [0.2, 0.25) is 0 Å². The lowest BCUT2D eigenvalue weighted by molar-refractivity contribution is 0.0945. The van der Waals surface area contributed by atoms with E-state index >= 15 is 0 Å². The van der Waals surface area contributed by atoms with Gasteiger partial charge in [-0.2, -0.15) is 0 Å². The van der Waals surface area contributed by atoms with Gasteiger partial charge in [-0.1, -0.05) is 12.1 Å². The highest BCUT2D eigenvalue weighted by Gasteiger charge is 2.12. The second-order valence-corrected chi connectivity index (χ2v) is 6.19. The Kier molecular flexibility index (Phi) is 5.56. The highest BCUT2D eigenvalue weighted by molar-refractivity contribution is 6.05. The monoisotopic (exact) mass is 360 g/mol. The summed E-state index contributed by atoms with van der Waals surface area (Å²) in [6.45, 7) is 4.29. The number of aromatic nitrogens is 2. The molecule has 27 heavy (non-hydrogen) atoms. The first kappa shape index (κ1) is 18.3. The quantitative estimate of drug-likeness (QED) is 0.731. The molecule has 3 rings (SSSR count). The molecule has 0 aliphatic carbocycles. The number of nitrogens with zero attached hydrogens (tertiary/aromatic N) is 2. The molecule has 2 amide bonds. The largest absolute Gasteiger partial charge is 0.345 e. The lowest BCUT2D eigenvalue weighted by Crippen LogP contribution is -2.25. The van der Waals surface area contributed by atoms with Crippen molar-refractivity contribution in [2.75, 3.05) is 5.32 Å². The first-order chi connectivity index (χ1) is 13.0. The Labute approximate surface area is 157 Å². The van der Waals surface area contributed by atoms with E-state index in [0.717, 1.165) is 16.8 Å². The van der Waals surface area contributed by atoms with E-state index in [-0.39, 0.29) is 17.5 Å². The molecule has 136 valence electrons. The van der Waals surface area contributed by atoms with Crippen molar-refractivity contribution in [3.05, 3.63) is 89.0 Å². The van der Waals surface area contributed by atoms with Gasteiger partial charge in [0.15, 0.2) is 0 Å². The van der Waals surface area contributed by atoms with Gasteiger partial charge in [-0.25, -0.2) is 0 Å². The van der Waals surface area contributed by atoms with Gasteiger partial charge in [0.05, 0.1) is 12.2 Å². The first-order valence-electron chi connectivity index (χ1n) is 8.56. The van der Waals surface area contributed by atoms with Gasteiger partial charge in [-0.15, -0.1) is 0 Å². The zero-order valence-corrected chi connectivity index (χ0v) is 15.2. The molecule has 0 saturated heterocycles. The van der Waals surface area contributed by atoms with Crippen molar-refractivity contribution in [2.45, 2.75) is 20.4 Å². The van der Waals surface area contributed by atoms with Crippen molar-refractivity contribution < 1.29 is 9.59 Å². The average Bonchev–Trinajstić information content (AvgIpc) is 2.70. The number of carbonyl (C=O) groups is 2. The topological polar surface area (TPSA) is 84.0 Å². The average molecular weight is 360 g/mol. The van der Waals surface area contributed by atoms with Gasteiger partial charge < -0.3 is 10.6 Å². The number of rotatable bonds is 5. The summed E-state index contributed by atoms with van der Waals surface area (Å²) in [7, 11) is 0. The number of carbonyl (C=O) groups excluding carboxylic acids is 2. The molecule has 0 spiro atoms. The van der Waals surface area contributed by atoms with E-state index in [9.17, 15) is 9.59 Å². The van der Waals surface area contributed by atoms with E-state index in [0.29, 0.717) is 17.8 Å². The minimum absolute atomic E-state index is 0.179. The van der Waals surface area contributed by atoms with Crippen LogP contribution in [0, 0.1) is 13.8 Å². The van der Waals surface area contributed by atoms with Crippen LogP contribution in [-0.4, -0.2) is 21.8 Å². The lowest BCUT2D eigenvalue weighted by Gasteiger charge is -2.09. The summed E-state index contributed by atoms with van der Waals surface area (Å²) in [4.78, 5) is 33.0. The molecule has 3 aromatic rings. The molecule has 2 heterocycles. The minimum atomic E-state index is -0.360. The smallest absolute Gasteiger partial charge is 0.270 e. The summed E-state index contributed by atoms with van der Waals surface area (Å²) in [6.07, 6.45) is 3.11. The Morgan fingerprint density at radius 3 is 2.48 bits per heavy atom. The zero-order valence-electron chi connectivity index (χ0n) is 15.2. The molecule has 0 fully saturated rings. The molecule has 6 heteroatoms. The van der Waals surface area contributed by atoms with Crippen LogP contribution < -0.4 is 10.6 Å². The van der Waals surface area contributed by atoms with Crippen molar-refractivity contribution >= 4 is 17.5 Å². The van der Waals surface area contributed by atoms with E-state index in [1.54, 1.807) is 12.3 Å². The molecule has 1 aromatic carbocycles. The SMILES string of the molecule is Cc1ccc(NC(=O)c2ccnc(C(=O)NCc3ccccn3)c2)cc1C. The van der Waals surface area contributed by atoms with Gasteiger partial charge in [-0.05, 0) is 61.4 Å². The Morgan fingerprint density at radius 1 is 0.889 bits per heavy atom. The van der Waals surface area contributed by atoms with E-state index in [2.05, 4.69) is 20.6 Å². The van der Waals surface area contributed by atoms with Crippen molar-refractivity contribution in [2.24, 2.45) is 0 Å². The molecule has 0 atom stereocenters. The van der Waals surface area contributed by atoms with Gasteiger partial charge in [-0.3, -0.25) is 19.6 Å². The molecule has 2 N–H and O–H groups in total. The second-order valence-electron chi connectivity index (χ2n) is 6.19.